The number of nitrogens with zero attached hydrogens (tertiary/aromatic N) is 1. The van der Waals surface area contributed by atoms with Gasteiger partial charge in [-0.15, -0.1) is 24.8 Å². The van der Waals surface area contributed by atoms with Crippen molar-refractivity contribution >= 4 is 24.8 Å². The van der Waals surface area contributed by atoms with Crippen LogP contribution in [0.25, 0.3) is 0 Å². The van der Waals surface area contributed by atoms with Crippen LogP contribution in [0.4, 0.5) is 0 Å². The number of pyridine rings is 1. The van der Waals surface area contributed by atoms with Crippen LogP contribution in [0.1, 0.15) is 18.5 Å². The van der Waals surface area contributed by atoms with Crippen molar-refractivity contribution in [3.8, 4) is 0 Å². The van der Waals surface area contributed by atoms with E-state index in [0.717, 1.165) is 25.8 Å². The standard InChI is InChI=1S/C9H14N2.2ClH/c10-7-3-1-5-9-6-2-4-8-11-9;;/h2,4,6,8H,1,3,5,7,10H2;2*1H. The Kier molecular flexibility index (Phi) is 11.4. The molecule has 0 aliphatic heterocycles. The largest absolute Gasteiger partial charge is 0.330 e. The molecule has 0 spiro atoms. The first-order valence-corrected chi connectivity index (χ1v) is 4.03. The summed E-state index contributed by atoms with van der Waals surface area (Å²) in [5.74, 6) is 0. The van der Waals surface area contributed by atoms with Crippen LogP contribution >= 0.6 is 24.8 Å². The van der Waals surface area contributed by atoms with Crippen molar-refractivity contribution in [3.63, 3.8) is 0 Å². The molecule has 0 radical (unpaired) electrons. The van der Waals surface area contributed by atoms with Crippen molar-refractivity contribution in [1.82, 2.24) is 4.98 Å². The molecule has 2 nitrogen and oxygen atoms in total. The number of aromatic nitrogens is 1. The average Bonchev–Trinajstić information content (AvgIpc) is 2.07. The van der Waals surface area contributed by atoms with Gasteiger partial charge in [-0.05, 0) is 37.9 Å². The lowest BCUT2D eigenvalue weighted by atomic mass is 10.2. The normalized spacial score (nSPS) is 8.38. The summed E-state index contributed by atoms with van der Waals surface area (Å²) in [6, 6.07) is 6.01. The summed E-state index contributed by atoms with van der Waals surface area (Å²) in [7, 11) is 0. The zero-order chi connectivity index (χ0) is 7.94. The fourth-order valence-electron chi connectivity index (χ4n) is 0.996. The third-order valence-corrected chi connectivity index (χ3v) is 1.61. The molecule has 13 heavy (non-hydrogen) atoms. The molecule has 0 bridgehead atoms. The van der Waals surface area contributed by atoms with Gasteiger partial charge < -0.3 is 5.73 Å². The molecule has 0 atom stereocenters. The zero-order valence-corrected chi connectivity index (χ0v) is 9.11. The first-order valence-electron chi connectivity index (χ1n) is 4.03. The van der Waals surface area contributed by atoms with Crippen molar-refractivity contribution in [1.29, 1.82) is 0 Å². The summed E-state index contributed by atoms with van der Waals surface area (Å²) in [5.41, 5.74) is 6.54. The molecule has 1 rings (SSSR count). The first kappa shape index (κ1) is 15.2. The van der Waals surface area contributed by atoms with Crippen LogP contribution in [0.5, 0.6) is 0 Å². The molecule has 0 unspecified atom stereocenters. The van der Waals surface area contributed by atoms with Gasteiger partial charge in [0.1, 0.15) is 0 Å². The average molecular weight is 223 g/mol. The van der Waals surface area contributed by atoms with E-state index in [0.29, 0.717) is 0 Å². The quantitative estimate of drug-likeness (QED) is 0.795. The van der Waals surface area contributed by atoms with Gasteiger partial charge in [0.25, 0.3) is 0 Å². The molecule has 0 amide bonds. The Bertz CT molecular complexity index is 192. The van der Waals surface area contributed by atoms with Crippen molar-refractivity contribution in [2.45, 2.75) is 19.3 Å². The maximum absolute atomic E-state index is 5.37. The SMILES string of the molecule is Cl.Cl.NCCCCc1ccccn1. The smallest absolute Gasteiger partial charge is 0.0403 e. The summed E-state index contributed by atoms with van der Waals surface area (Å²) in [5, 5.41) is 0. The van der Waals surface area contributed by atoms with E-state index in [1.54, 1.807) is 0 Å². The molecule has 1 aromatic rings. The maximum Gasteiger partial charge on any atom is 0.0403 e. The highest BCUT2D eigenvalue weighted by molar-refractivity contribution is 5.85. The van der Waals surface area contributed by atoms with Gasteiger partial charge in [-0.1, -0.05) is 6.07 Å². The van der Waals surface area contributed by atoms with Crippen LogP contribution in [-0.2, 0) is 6.42 Å². The van der Waals surface area contributed by atoms with Gasteiger partial charge in [-0.2, -0.15) is 0 Å². The van der Waals surface area contributed by atoms with Gasteiger partial charge >= 0.3 is 0 Å². The second kappa shape index (κ2) is 9.78. The predicted molar refractivity (Wildman–Crippen MR) is 60.7 cm³/mol. The summed E-state index contributed by atoms with van der Waals surface area (Å²) >= 11 is 0. The molecule has 4 heteroatoms. The molecule has 0 saturated heterocycles. The van der Waals surface area contributed by atoms with Gasteiger partial charge in [0.05, 0.1) is 0 Å². The Balaban J connectivity index is 0. The van der Waals surface area contributed by atoms with Crippen LogP contribution in [-0.4, -0.2) is 11.5 Å². The minimum Gasteiger partial charge on any atom is -0.330 e. The number of rotatable bonds is 4. The number of hydrogen-bond donors (Lipinski definition) is 1. The highest BCUT2D eigenvalue weighted by Crippen LogP contribution is 1.99. The van der Waals surface area contributed by atoms with Crippen molar-refractivity contribution < 1.29 is 0 Å². The second-order valence-corrected chi connectivity index (χ2v) is 2.57. The number of aryl methyl sites for hydroxylation is 1. The predicted octanol–water partition coefficient (Wildman–Crippen LogP) is 2.21. The summed E-state index contributed by atoms with van der Waals surface area (Å²) in [6.07, 6.45) is 5.12. The van der Waals surface area contributed by atoms with E-state index >= 15 is 0 Å². The number of hydrogen-bond acceptors (Lipinski definition) is 2. The molecule has 76 valence electrons. The number of halogens is 2. The molecule has 1 aromatic heterocycles. The van der Waals surface area contributed by atoms with Gasteiger partial charge in [0, 0.05) is 11.9 Å². The maximum atomic E-state index is 5.37. The zero-order valence-electron chi connectivity index (χ0n) is 7.48. The van der Waals surface area contributed by atoms with Gasteiger partial charge in [-0.25, -0.2) is 0 Å². The monoisotopic (exact) mass is 222 g/mol. The third kappa shape index (κ3) is 6.82. The van der Waals surface area contributed by atoms with E-state index in [1.165, 1.54) is 5.69 Å². The summed E-state index contributed by atoms with van der Waals surface area (Å²) in [4.78, 5) is 4.21. The molecule has 0 saturated carbocycles. The Labute approximate surface area is 91.8 Å². The van der Waals surface area contributed by atoms with E-state index in [-0.39, 0.29) is 24.8 Å². The highest BCUT2D eigenvalue weighted by Gasteiger charge is 1.90. The van der Waals surface area contributed by atoms with Crippen LogP contribution in [0.3, 0.4) is 0 Å². The Morgan fingerprint density at radius 2 is 1.92 bits per heavy atom. The molecule has 1 heterocycles. The van der Waals surface area contributed by atoms with Gasteiger partial charge in [-0.3, -0.25) is 4.98 Å². The number of unbranched alkanes of at least 4 members (excludes halogenated alkanes) is 1. The first-order chi connectivity index (χ1) is 5.43. The van der Waals surface area contributed by atoms with Crippen molar-refractivity contribution in [2.24, 2.45) is 5.73 Å². The van der Waals surface area contributed by atoms with E-state index in [4.69, 9.17) is 5.73 Å². The molecule has 0 fully saturated rings. The molecule has 0 aliphatic rings. The van der Waals surface area contributed by atoms with E-state index in [2.05, 4.69) is 11.1 Å². The Morgan fingerprint density at radius 1 is 1.15 bits per heavy atom. The van der Waals surface area contributed by atoms with Crippen molar-refractivity contribution in [2.75, 3.05) is 6.54 Å². The van der Waals surface area contributed by atoms with Crippen molar-refractivity contribution in [3.05, 3.63) is 30.1 Å². The third-order valence-electron chi connectivity index (χ3n) is 1.61. The lowest BCUT2D eigenvalue weighted by Crippen LogP contribution is -1.99. The van der Waals surface area contributed by atoms with Gasteiger partial charge in [0.15, 0.2) is 0 Å². The van der Waals surface area contributed by atoms with Crippen LogP contribution in [0.15, 0.2) is 24.4 Å². The second-order valence-electron chi connectivity index (χ2n) is 2.57. The minimum atomic E-state index is 0. The minimum absolute atomic E-state index is 0. The number of nitrogens with two attached hydrogens (primary N) is 1. The molecular weight excluding hydrogens is 207 g/mol. The fraction of sp³-hybridized carbons (Fsp3) is 0.444. The lowest BCUT2D eigenvalue weighted by molar-refractivity contribution is 0.732. The Hall–Kier alpha value is -0.310. The topological polar surface area (TPSA) is 38.9 Å². The van der Waals surface area contributed by atoms with E-state index in [1.807, 2.05) is 18.3 Å². The fourth-order valence-corrected chi connectivity index (χ4v) is 0.996. The van der Waals surface area contributed by atoms with E-state index in [9.17, 15) is 0 Å². The highest BCUT2D eigenvalue weighted by atomic mass is 35.5. The van der Waals surface area contributed by atoms with Crippen LogP contribution < -0.4 is 5.73 Å². The van der Waals surface area contributed by atoms with Crippen LogP contribution in [0, 0.1) is 0 Å². The van der Waals surface area contributed by atoms with E-state index < -0.39 is 0 Å². The summed E-state index contributed by atoms with van der Waals surface area (Å²) in [6.45, 7) is 0.785. The lowest BCUT2D eigenvalue weighted by Gasteiger charge is -1.97. The Morgan fingerprint density at radius 3 is 2.46 bits per heavy atom. The molecule has 0 aliphatic carbocycles. The molecule has 0 aromatic carbocycles. The van der Waals surface area contributed by atoms with Crippen LogP contribution in [0.2, 0.25) is 0 Å². The summed E-state index contributed by atoms with van der Waals surface area (Å²) < 4.78 is 0. The molecule has 2 N–H and O–H groups in total. The van der Waals surface area contributed by atoms with Gasteiger partial charge in [0.2, 0.25) is 0 Å². The molecular formula is C9H16Cl2N2.